The number of fused-ring (bicyclic) bond motifs is 3. The molecule has 0 saturated heterocycles. The van der Waals surface area contributed by atoms with Crippen LogP contribution >= 0.6 is 0 Å². The molecule has 0 bridgehead atoms. The summed E-state index contributed by atoms with van der Waals surface area (Å²) in [6, 6.07) is 5.23. The second kappa shape index (κ2) is 9.72. The molecule has 196 valence electrons. The Morgan fingerprint density at radius 1 is 1.29 bits per heavy atom. The molecule has 0 unspecified atom stereocenters. The van der Waals surface area contributed by atoms with E-state index in [0.29, 0.717) is 22.8 Å². The van der Waals surface area contributed by atoms with Crippen molar-refractivity contribution in [3.63, 3.8) is 0 Å². The molecule has 0 fully saturated rings. The number of rotatable bonds is 6. The van der Waals surface area contributed by atoms with Gasteiger partial charge in [-0.25, -0.2) is 18.7 Å². The molecule has 3 N–H and O–H groups in total. The van der Waals surface area contributed by atoms with Crippen molar-refractivity contribution in [3.05, 3.63) is 77.8 Å². The quantitative estimate of drug-likeness (QED) is 0.221. The van der Waals surface area contributed by atoms with Gasteiger partial charge in [-0.3, -0.25) is 9.56 Å². The van der Waals surface area contributed by atoms with Crippen LogP contribution in [-0.4, -0.2) is 48.9 Å². The van der Waals surface area contributed by atoms with E-state index in [9.17, 15) is 8.78 Å². The average Bonchev–Trinajstić information content (AvgIpc) is 3.54. The van der Waals surface area contributed by atoms with Crippen LogP contribution in [0.25, 0.3) is 22.8 Å². The van der Waals surface area contributed by atoms with Crippen LogP contribution in [0, 0.1) is 12.7 Å². The normalized spacial score (nSPS) is 15.5. The molecule has 1 aliphatic rings. The van der Waals surface area contributed by atoms with E-state index >= 15 is 8.78 Å². The predicted molar refractivity (Wildman–Crippen MR) is 134 cm³/mol. The van der Waals surface area contributed by atoms with Gasteiger partial charge in [0.15, 0.2) is 5.82 Å². The van der Waals surface area contributed by atoms with Gasteiger partial charge < -0.3 is 15.6 Å². The molecule has 1 aromatic carbocycles. The number of nitrogens with two attached hydrogens (primary N) is 1. The number of aromatic nitrogens is 6. The van der Waals surface area contributed by atoms with E-state index in [2.05, 4.69) is 30.5 Å². The number of benzene rings is 1. The lowest BCUT2D eigenvalue weighted by Gasteiger charge is -2.28. The number of alkyl halides is 3. The zero-order valence-electron chi connectivity index (χ0n) is 20.4. The molecule has 0 aliphatic carbocycles. The highest BCUT2D eigenvalue weighted by Crippen LogP contribution is 2.42. The highest BCUT2D eigenvalue weighted by Gasteiger charge is 2.45. The fourth-order valence-electron chi connectivity index (χ4n) is 4.44. The molecule has 4 heterocycles. The minimum atomic E-state index is -3.83. The number of hydrogen-bond donors (Lipinski definition) is 2. The summed E-state index contributed by atoms with van der Waals surface area (Å²) in [4.78, 5) is 12.9. The predicted octanol–water partition coefficient (Wildman–Crippen LogP) is 4.23. The number of halogens is 4. The maximum absolute atomic E-state index is 15.5. The Morgan fingerprint density at radius 3 is 2.79 bits per heavy atom. The molecule has 0 saturated carbocycles. The van der Waals surface area contributed by atoms with Crippen molar-refractivity contribution in [2.45, 2.75) is 25.4 Å². The summed E-state index contributed by atoms with van der Waals surface area (Å²) in [5.74, 6) is -4.98. The Balaban J connectivity index is 1.58. The second-order valence-corrected chi connectivity index (χ2v) is 8.66. The summed E-state index contributed by atoms with van der Waals surface area (Å²) in [5.41, 5.74) is 6.99. The Hall–Kier alpha value is -4.55. The van der Waals surface area contributed by atoms with Gasteiger partial charge in [0.1, 0.15) is 18.3 Å². The fraction of sp³-hybridized carbons (Fsp3) is 0.240. The third kappa shape index (κ3) is 4.19. The van der Waals surface area contributed by atoms with Gasteiger partial charge in [0.2, 0.25) is 11.8 Å². The third-order valence-electron chi connectivity index (χ3n) is 6.25. The molecule has 1 aliphatic heterocycles. The fourth-order valence-corrected chi connectivity index (χ4v) is 4.44. The van der Waals surface area contributed by atoms with Gasteiger partial charge in [0.05, 0.1) is 23.0 Å². The molecule has 0 spiro atoms. The topological polar surface area (TPSA) is 112 Å². The Labute approximate surface area is 214 Å². The largest absolute Gasteiger partial charge is 0.404 e. The maximum atomic E-state index is 15.5. The van der Waals surface area contributed by atoms with Crippen LogP contribution in [0.5, 0.6) is 0 Å². The number of anilines is 1. The molecular formula is C25H23F4N9. The second-order valence-electron chi connectivity index (χ2n) is 8.66. The van der Waals surface area contributed by atoms with Crippen LogP contribution in [0.1, 0.15) is 23.0 Å². The highest BCUT2D eigenvalue weighted by atomic mass is 19.3. The molecule has 1 atom stereocenters. The summed E-state index contributed by atoms with van der Waals surface area (Å²) in [7, 11) is 1.58. The minimum Gasteiger partial charge on any atom is -0.404 e. The van der Waals surface area contributed by atoms with E-state index in [1.807, 2.05) is 6.92 Å². The first-order valence-corrected chi connectivity index (χ1v) is 11.6. The third-order valence-corrected chi connectivity index (χ3v) is 6.25. The zero-order chi connectivity index (χ0) is 27.0. The van der Waals surface area contributed by atoms with E-state index in [-0.39, 0.29) is 18.3 Å². The first-order valence-electron chi connectivity index (χ1n) is 11.6. The summed E-state index contributed by atoms with van der Waals surface area (Å²) in [5, 5.41) is 10.7. The lowest BCUT2D eigenvalue weighted by Crippen LogP contribution is -2.30. The van der Waals surface area contributed by atoms with Crippen LogP contribution in [0.3, 0.4) is 0 Å². The van der Waals surface area contributed by atoms with E-state index in [1.54, 1.807) is 36.2 Å². The number of amidine groups is 1. The molecule has 5 rings (SSSR count). The van der Waals surface area contributed by atoms with Gasteiger partial charge in [-0.2, -0.15) is 8.78 Å². The van der Waals surface area contributed by atoms with Crippen LogP contribution < -0.4 is 11.1 Å². The summed E-state index contributed by atoms with van der Waals surface area (Å²) in [6.45, 7) is 0.914. The van der Waals surface area contributed by atoms with Crippen molar-refractivity contribution in [2.24, 2.45) is 10.7 Å². The molecule has 0 amide bonds. The monoisotopic (exact) mass is 525 g/mol. The first kappa shape index (κ1) is 25.1. The molecule has 3 aromatic heterocycles. The number of aliphatic imine (C=N–C) groups is 1. The van der Waals surface area contributed by atoms with Gasteiger partial charge in [-0.15, -0.1) is 10.2 Å². The summed E-state index contributed by atoms with van der Waals surface area (Å²) in [6.07, 6.45) is 6.26. The Morgan fingerprint density at radius 2 is 2.08 bits per heavy atom. The summed E-state index contributed by atoms with van der Waals surface area (Å²) < 4.78 is 62.2. The smallest absolute Gasteiger partial charge is 0.334 e. The van der Waals surface area contributed by atoms with Gasteiger partial charge in [0.25, 0.3) is 0 Å². The molecule has 4 aromatic rings. The van der Waals surface area contributed by atoms with Crippen molar-refractivity contribution < 1.29 is 17.6 Å². The van der Waals surface area contributed by atoms with Gasteiger partial charge >= 0.3 is 5.92 Å². The molecule has 0 radical (unpaired) electrons. The van der Waals surface area contributed by atoms with E-state index in [0.717, 1.165) is 22.3 Å². The zero-order valence-corrected chi connectivity index (χ0v) is 20.4. The van der Waals surface area contributed by atoms with Crippen molar-refractivity contribution in [3.8, 4) is 22.8 Å². The van der Waals surface area contributed by atoms with Gasteiger partial charge in [-0.1, -0.05) is 12.1 Å². The highest BCUT2D eigenvalue weighted by molar-refractivity contribution is 6.02. The number of nitrogens with one attached hydrogen (secondary N) is 1. The van der Waals surface area contributed by atoms with E-state index < -0.39 is 35.8 Å². The van der Waals surface area contributed by atoms with Gasteiger partial charge in [-0.05, 0) is 43.0 Å². The van der Waals surface area contributed by atoms with E-state index in [4.69, 9.17) is 5.73 Å². The maximum Gasteiger partial charge on any atom is 0.334 e. The minimum absolute atomic E-state index is 0.0421. The Bertz CT molecular complexity index is 1550. The first-order chi connectivity index (χ1) is 18.3. The molecule has 13 heteroatoms. The van der Waals surface area contributed by atoms with Crippen molar-refractivity contribution in [2.75, 3.05) is 19.0 Å². The lowest BCUT2D eigenvalue weighted by molar-refractivity contribution is 0.0221. The van der Waals surface area contributed by atoms with E-state index in [1.165, 1.54) is 18.3 Å². The Kier molecular flexibility index (Phi) is 6.43. The van der Waals surface area contributed by atoms with Crippen LogP contribution in [0.2, 0.25) is 0 Å². The number of hydrogen-bond acceptors (Lipinski definition) is 6. The van der Waals surface area contributed by atoms with Crippen molar-refractivity contribution in [1.29, 1.82) is 0 Å². The molecular weight excluding hydrogens is 502 g/mol. The standard InChI is InChI=1S/C25H23F4N9/c1-14-11-32-24(33-20(31-2)7-8-30)34-21(14)15-9-19-22-35-36-23(38(22)16(10-26)13-37(19)12-15)25(28,29)17-5-3-4-6-18(17)27/h3-9,11-12,16H,10,13,30H2,1-2H3,(H,31,32,33,34)/t16-/m0/s1. The van der Waals surface area contributed by atoms with Gasteiger partial charge in [0, 0.05) is 31.5 Å². The SMILES string of the molecule is CN=C(C=CN)Nc1ncc(C)c(-c2cc3n(c2)C[C@H](CF)n2c-3nnc2C(F)(F)c2ccccc2F)n1. The number of nitrogens with zero attached hydrogens (tertiary/aromatic N) is 7. The van der Waals surface area contributed by atoms with Crippen LogP contribution in [0.15, 0.2) is 60.0 Å². The average molecular weight is 526 g/mol. The van der Waals surface area contributed by atoms with Crippen molar-refractivity contribution >= 4 is 11.8 Å². The van der Waals surface area contributed by atoms with Crippen LogP contribution in [0.4, 0.5) is 23.5 Å². The molecule has 38 heavy (non-hydrogen) atoms. The number of aryl methyl sites for hydroxylation is 1. The summed E-state index contributed by atoms with van der Waals surface area (Å²) >= 11 is 0. The van der Waals surface area contributed by atoms with Crippen molar-refractivity contribution in [1.82, 2.24) is 29.3 Å². The van der Waals surface area contributed by atoms with Crippen LogP contribution in [-0.2, 0) is 12.5 Å². The lowest BCUT2D eigenvalue weighted by atomic mass is 10.1. The molecule has 9 nitrogen and oxygen atoms in total.